The Balaban J connectivity index is 1.52. The summed E-state index contributed by atoms with van der Waals surface area (Å²) in [5.41, 5.74) is 5.96. The molecule has 0 saturated heterocycles. The molecule has 1 aliphatic heterocycles. The molecule has 0 atom stereocenters. The van der Waals surface area contributed by atoms with Crippen LogP contribution >= 0.6 is 0 Å². The van der Waals surface area contributed by atoms with Crippen LogP contribution in [-0.4, -0.2) is 59.1 Å². The standard InChI is InChI=1S/C28H33N7O/c1-19-16-22-21(27(36)30-14-15-34(2)3)10-7-11-25(22)35(19)28-32-24-12-13-29-18-23(24)26(33-28)31-17-20-8-5-4-6-9-20/h4-11,16,29H,12-15,17-18H2,1-3H3,(H,30,36)(H,31,32,33). The smallest absolute Gasteiger partial charge is 0.252 e. The minimum Gasteiger partial charge on any atom is -0.366 e. The molecule has 3 N–H and O–H groups in total. The van der Waals surface area contributed by atoms with Gasteiger partial charge in [0.15, 0.2) is 0 Å². The summed E-state index contributed by atoms with van der Waals surface area (Å²) in [6, 6.07) is 18.2. The molecule has 0 fully saturated rings. The van der Waals surface area contributed by atoms with Crippen molar-refractivity contribution in [1.82, 2.24) is 30.1 Å². The van der Waals surface area contributed by atoms with Crippen LogP contribution in [0.3, 0.4) is 0 Å². The third-order valence-electron chi connectivity index (χ3n) is 6.54. The van der Waals surface area contributed by atoms with Crippen molar-refractivity contribution in [2.45, 2.75) is 26.4 Å². The van der Waals surface area contributed by atoms with Crippen LogP contribution in [0.5, 0.6) is 0 Å². The molecule has 2 aromatic heterocycles. The van der Waals surface area contributed by atoms with Crippen molar-refractivity contribution in [3.05, 3.63) is 82.7 Å². The van der Waals surface area contributed by atoms with Gasteiger partial charge in [-0.25, -0.2) is 4.98 Å². The van der Waals surface area contributed by atoms with Crippen molar-refractivity contribution < 1.29 is 4.79 Å². The van der Waals surface area contributed by atoms with Crippen LogP contribution < -0.4 is 16.0 Å². The Morgan fingerprint density at radius 3 is 2.75 bits per heavy atom. The van der Waals surface area contributed by atoms with E-state index in [1.54, 1.807) is 0 Å². The van der Waals surface area contributed by atoms with Gasteiger partial charge in [-0.1, -0.05) is 36.4 Å². The highest BCUT2D eigenvalue weighted by molar-refractivity contribution is 6.07. The van der Waals surface area contributed by atoms with Crippen LogP contribution in [0.1, 0.15) is 32.9 Å². The summed E-state index contributed by atoms with van der Waals surface area (Å²) in [5, 5.41) is 10.9. The number of nitrogens with zero attached hydrogens (tertiary/aromatic N) is 4. The lowest BCUT2D eigenvalue weighted by molar-refractivity contribution is 0.0952. The summed E-state index contributed by atoms with van der Waals surface area (Å²) in [6.45, 7) is 5.75. The number of anilines is 1. The molecular weight excluding hydrogens is 450 g/mol. The molecule has 36 heavy (non-hydrogen) atoms. The summed E-state index contributed by atoms with van der Waals surface area (Å²) < 4.78 is 2.06. The minimum atomic E-state index is -0.0674. The first kappa shape index (κ1) is 24.0. The zero-order valence-electron chi connectivity index (χ0n) is 21.1. The largest absolute Gasteiger partial charge is 0.366 e. The van der Waals surface area contributed by atoms with Crippen LogP contribution in [0.15, 0.2) is 54.6 Å². The van der Waals surface area contributed by atoms with Crippen LogP contribution in [0.25, 0.3) is 16.9 Å². The van der Waals surface area contributed by atoms with Gasteiger partial charge in [0, 0.05) is 61.4 Å². The van der Waals surface area contributed by atoms with Crippen molar-refractivity contribution in [3.63, 3.8) is 0 Å². The summed E-state index contributed by atoms with van der Waals surface area (Å²) in [7, 11) is 3.99. The summed E-state index contributed by atoms with van der Waals surface area (Å²) in [4.78, 5) is 25.0. The SMILES string of the molecule is Cc1cc2c(C(=O)NCCN(C)C)cccc2n1-c1nc2c(c(NCc3ccccc3)n1)CNCC2. The molecule has 8 nitrogen and oxygen atoms in total. The number of aryl methyl sites for hydroxylation is 1. The topological polar surface area (TPSA) is 87.1 Å². The van der Waals surface area contributed by atoms with E-state index in [-0.39, 0.29) is 5.91 Å². The van der Waals surface area contributed by atoms with E-state index in [2.05, 4.69) is 38.7 Å². The van der Waals surface area contributed by atoms with E-state index < -0.39 is 0 Å². The van der Waals surface area contributed by atoms with Gasteiger partial charge in [-0.05, 0) is 44.8 Å². The van der Waals surface area contributed by atoms with E-state index in [1.165, 1.54) is 5.56 Å². The fourth-order valence-electron chi connectivity index (χ4n) is 4.67. The Morgan fingerprint density at radius 1 is 1.11 bits per heavy atom. The number of nitrogens with one attached hydrogen (secondary N) is 3. The number of carbonyl (C=O) groups excluding carboxylic acids is 1. The molecule has 1 aliphatic rings. The Hall–Kier alpha value is -3.75. The zero-order chi connectivity index (χ0) is 25.1. The predicted octanol–water partition coefficient (Wildman–Crippen LogP) is 3.28. The van der Waals surface area contributed by atoms with Gasteiger partial charge >= 0.3 is 0 Å². The monoisotopic (exact) mass is 483 g/mol. The van der Waals surface area contributed by atoms with Crippen molar-refractivity contribution in [3.8, 4) is 5.95 Å². The summed E-state index contributed by atoms with van der Waals surface area (Å²) in [6.07, 6.45) is 0.850. The van der Waals surface area contributed by atoms with E-state index in [9.17, 15) is 4.79 Å². The molecular formula is C28H33N7O. The lowest BCUT2D eigenvalue weighted by atomic mass is 10.1. The molecule has 8 heteroatoms. The second-order valence-corrected chi connectivity index (χ2v) is 9.48. The predicted molar refractivity (Wildman–Crippen MR) is 144 cm³/mol. The van der Waals surface area contributed by atoms with E-state index in [0.29, 0.717) is 24.6 Å². The molecule has 5 rings (SSSR count). The molecule has 4 aromatic rings. The molecule has 0 spiro atoms. The first-order valence-corrected chi connectivity index (χ1v) is 12.4. The number of carbonyl (C=O) groups is 1. The van der Waals surface area contributed by atoms with Gasteiger partial charge in [0.2, 0.25) is 5.95 Å². The second kappa shape index (κ2) is 10.5. The fourth-order valence-corrected chi connectivity index (χ4v) is 4.67. The van der Waals surface area contributed by atoms with Crippen LogP contribution in [0, 0.1) is 6.92 Å². The number of likely N-dealkylation sites (N-methyl/N-ethyl adjacent to an activating group) is 1. The van der Waals surface area contributed by atoms with E-state index in [1.807, 2.05) is 62.3 Å². The van der Waals surface area contributed by atoms with E-state index in [4.69, 9.17) is 9.97 Å². The molecule has 3 heterocycles. The van der Waals surface area contributed by atoms with Gasteiger partial charge in [0.1, 0.15) is 5.82 Å². The average Bonchev–Trinajstić information content (AvgIpc) is 3.23. The maximum atomic E-state index is 13.0. The molecule has 0 unspecified atom stereocenters. The lowest BCUT2D eigenvalue weighted by Gasteiger charge is -2.21. The van der Waals surface area contributed by atoms with Crippen molar-refractivity contribution in [2.24, 2.45) is 0 Å². The Kier molecular flexibility index (Phi) is 6.97. The Bertz CT molecular complexity index is 1380. The fraction of sp³-hybridized carbons (Fsp3) is 0.321. The maximum absolute atomic E-state index is 13.0. The van der Waals surface area contributed by atoms with Crippen molar-refractivity contribution in [1.29, 1.82) is 0 Å². The molecule has 0 aliphatic carbocycles. The van der Waals surface area contributed by atoms with Gasteiger partial charge in [-0.3, -0.25) is 9.36 Å². The van der Waals surface area contributed by atoms with E-state index in [0.717, 1.165) is 59.7 Å². The highest BCUT2D eigenvalue weighted by Gasteiger charge is 2.21. The minimum absolute atomic E-state index is 0.0674. The third-order valence-corrected chi connectivity index (χ3v) is 6.54. The van der Waals surface area contributed by atoms with Crippen LogP contribution in [-0.2, 0) is 19.5 Å². The van der Waals surface area contributed by atoms with E-state index >= 15 is 0 Å². The number of benzene rings is 2. The normalized spacial score (nSPS) is 13.1. The Labute approximate surface area is 211 Å². The summed E-state index contributed by atoms with van der Waals surface area (Å²) >= 11 is 0. The summed E-state index contributed by atoms with van der Waals surface area (Å²) in [5.74, 6) is 1.41. The number of rotatable bonds is 8. The van der Waals surface area contributed by atoms with Gasteiger partial charge in [-0.15, -0.1) is 0 Å². The first-order chi connectivity index (χ1) is 17.5. The quantitative estimate of drug-likeness (QED) is 0.357. The molecule has 0 bridgehead atoms. The lowest BCUT2D eigenvalue weighted by Crippen LogP contribution is -2.31. The second-order valence-electron chi connectivity index (χ2n) is 9.48. The van der Waals surface area contributed by atoms with Gasteiger partial charge in [-0.2, -0.15) is 4.98 Å². The van der Waals surface area contributed by atoms with Gasteiger partial charge in [0.25, 0.3) is 5.91 Å². The maximum Gasteiger partial charge on any atom is 0.252 e. The molecule has 0 saturated carbocycles. The van der Waals surface area contributed by atoms with Crippen molar-refractivity contribution in [2.75, 3.05) is 39.0 Å². The van der Waals surface area contributed by atoms with Gasteiger partial charge in [0.05, 0.1) is 11.2 Å². The van der Waals surface area contributed by atoms with Crippen LogP contribution in [0.2, 0.25) is 0 Å². The van der Waals surface area contributed by atoms with Gasteiger partial charge < -0.3 is 20.9 Å². The number of amides is 1. The first-order valence-electron chi connectivity index (χ1n) is 12.4. The molecule has 1 amide bonds. The number of aromatic nitrogens is 3. The number of hydrogen-bond acceptors (Lipinski definition) is 6. The highest BCUT2D eigenvalue weighted by Crippen LogP contribution is 2.28. The zero-order valence-corrected chi connectivity index (χ0v) is 21.1. The van der Waals surface area contributed by atoms with Crippen LogP contribution in [0.4, 0.5) is 5.82 Å². The van der Waals surface area contributed by atoms with Crippen molar-refractivity contribution >= 4 is 22.6 Å². The number of hydrogen-bond donors (Lipinski definition) is 3. The number of fused-ring (bicyclic) bond motifs is 2. The average molecular weight is 484 g/mol. The third kappa shape index (κ3) is 4.96. The Morgan fingerprint density at radius 2 is 1.94 bits per heavy atom. The molecule has 0 radical (unpaired) electrons. The molecule has 186 valence electrons. The molecule has 2 aromatic carbocycles. The highest BCUT2D eigenvalue weighted by atomic mass is 16.1.